The Hall–Kier alpha value is -0.650. The number of carbonyl (C=O) groups excluding carboxylic acids is 1. The highest BCUT2D eigenvalue weighted by atomic mass is 16.5. The molecule has 3 rings (SSSR count). The molecule has 132 valence electrons. The van der Waals surface area contributed by atoms with Crippen LogP contribution in [0, 0.1) is 17.3 Å². The number of carbonyl (C=O) groups is 1. The van der Waals surface area contributed by atoms with Crippen LogP contribution in [0.5, 0.6) is 0 Å². The van der Waals surface area contributed by atoms with Crippen molar-refractivity contribution in [3.05, 3.63) is 0 Å². The molecule has 5 heteroatoms. The lowest BCUT2D eigenvalue weighted by molar-refractivity contribution is -0.130. The number of likely N-dealkylation sites (tertiary alicyclic amines) is 1. The van der Waals surface area contributed by atoms with Crippen molar-refractivity contribution in [3.8, 4) is 0 Å². The molecule has 1 atom stereocenters. The zero-order valence-corrected chi connectivity index (χ0v) is 14.7. The average Bonchev–Trinajstić information content (AvgIpc) is 2.86. The summed E-state index contributed by atoms with van der Waals surface area (Å²) in [4.78, 5) is 15.3. The van der Waals surface area contributed by atoms with Crippen molar-refractivity contribution < 1.29 is 14.3 Å². The summed E-state index contributed by atoms with van der Waals surface area (Å²) in [5, 5.41) is 3.15. The van der Waals surface area contributed by atoms with Crippen molar-refractivity contribution in [2.75, 3.05) is 46.1 Å². The van der Waals surface area contributed by atoms with Crippen molar-refractivity contribution >= 4 is 5.91 Å². The van der Waals surface area contributed by atoms with Gasteiger partial charge in [-0.05, 0) is 45.4 Å². The second-order valence-corrected chi connectivity index (χ2v) is 7.94. The minimum Gasteiger partial charge on any atom is -0.381 e. The average molecular weight is 324 g/mol. The highest BCUT2D eigenvalue weighted by Crippen LogP contribution is 2.44. The molecule has 1 N–H and O–H groups in total. The van der Waals surface area contributed by atoms with Crippen LogP contribution in [0.1, 0.15) is 39.5 Å². The molecule has 0 unspecified atom stereocenters. The quantitative estimate of drug-likeness (QED) is 0.855. The fraction of sp³-hybridized carbons (Fsp3) is 0.944. The SMILES string of the molecule is CC(C)NC(=O)[C@H]1CN(CC2CCOCC2)CC12CCOCC2. The largest absolute Gasteiger partial charge is 0.381 e. The maximum atomic E-state index is 12.8. The molecular weight excluding hydrogens is 292 g/mol. The van der Waals surface area contributed by atoms with Gasteiger partial charge in [0.15, 0.2) is 0 Å². The van der Waals surface area contributed by atoms with Gasteiger partial charge in [-0.3, -0.25) is 4.79 Å². The fourth-order valence-corrected chi connectivity index (χ4v) is 4.54. The first-order valence-corrected chi connectivity index (χ1v) is 9.27. The van der Waals surface area contributed by atoms with Gasteiger partial charge in [0.2, 0.25) is 5.91 Å². The molecule has 3 aliphatic rings. The smallest absolute Gasteiger partial charge is 0.225 e. The molecule has 0 radical (unpaired) electrons. The van der Waals surface area contributed by atoms with Crippen molar-refractivity contribution in [3.63, 3.8) is 0 Å². The number of nitrogens with zero attached hydrogens (tertiary/aromatic N) is 1. The van der Waals surface area contributed by atoms with E-state index in [2.05, 4.69) is 10.2 Å². The summed E-state index contributed by atoms with van der Waals surface area (Å²) in [7, 11) is 0. The van der Waals surface area contributed by atoms with Gasteiger partial charge < -0.3 is 19.7 Å². The van der Waals surface area contributed by atoms with Crippen LogP contribution in [0.2, 0.25) is 0 Å². The summed E-state index contributed by atoms with van der Waals surface area (Å²) >= 11 is 0. The third kappa shape index (κ3) is 4.06. The van der Waals surface area contributed by atoms with Crippen LogP contribution in [-0.2, 0) is 14.3 Å². The summed E-state index contributed by atoms with van der Waals surface area (Å²) in [6, 6.07) is 0.212. The van der Waals surface area contributed by atoms with Gasteiger partial charge in [-0.25, -0.2) is 0 Å². The molecule has 0 aromatic carbocycles. The molecule has 3 aliphatic heterocycles. The van der Waals surface area contributed by atoms with E-state index in [0.29, 0.717) is 0 Å². The second-order valence-electron chi connectivity index (χ2n) is 7.94. The lowest BCUT2D eigenvalue weighted by Gasteiger charge is -2.38. The van der Waals surface area contributed by atoms with E-state index in [1.165, 1.54) is 0 Å². The highest BCUT2D eigenvalue weighted by molar-refractivity contribution is 5.80. The summed E-state index contributed by atoms with van der Waals surface area (Å²) in [5.74, 6) is 1.09. The van der Waals surface area contributed by atoms with Gasteiger partial charge in [0.05, 0.1) is 5.92 Å². The molecule has 1 amide bonds. The number of amides is 1. The molecule has 0 saturated carbocycles. The van der Waals surface area contributed by atoms with Gasteiger partial charge in [-0.15, -0.1) is 0 Å². The molecule has 3 fully saturated rings. The Morgan fingerprint density at radius 2 is 1.83 bits per heavy atom. The van der Waals surface area contributed by atoms with Crippen molar-refractivity contribution in [2.24, 2.45) is 17.3 Å². The number of hydrogen-bond acceptors (Lipinski definition) is 4. The predicted octanol–water partition coefficient (Wildman–Crippen LogP) is 1.67. The van der Waals surface area contributed by atoms with Gasteiger partial charge in [0.1, 0.15) is 0 Å². The Morgan fingerprint density at radius 3 is 2.48 bits per heavy atom. The van der Waals surface area contributed by atoms with Gasteiger partial charge in [-0.1, -0.05) is 0 Å². The Labute approximate surface area is 140 Å². The lowest BCUT2D eigenvalue weighted by atomic mass is 9.71. The zero-order valence-electron chi connectivity index (χ0n) is 14.7. The Morgan fingerprint density at radius 1 is 1.17 bits per heavy atom. The van der Waals surface area contributed by atoms with Gasteiger partial charge in [-0.2, -0.15) is 0 Å². The van der Waals surface area contributed by atoms with E-state index >= 15 is 0 Å². The number of ether oxygens (including phenoxy) is 2. The van der Waals surface area contributed by atoms with E-state index < -0.39 is 0 Å². The normalized spacial score (nSPS) is 29.3. The Kier molecular flexibility index (Phi) is 5.60. The molecule has 0 aliphatic carbocycles. The standard InChI is InChI=1S/C18H32N2O3/c1-14(2)19-17(21)16-12-20(11-15-3-7-22-8-4-15)13-18(16)5-9-23-10-6-18/h14-16H,3-13H2,1-2H3,(H,19,21)/t16-/m1/s1. The molecule has 3 heterocycles. The molecule has 5 nitrogen and oxygen atoms in total. The molecule has 0 aromatic heterocycles. The fourth-order valence-electron chi connectivity index (χ4n) is 4.54. The van der Waals surface area contributed by atoms with Crippen LogP contribution in [0.4, 0.5) is 0 Å². The van der Waals surface area contributed by atoms with Gasteiger partial charge >= 0.3 is 0 Å². The molecule has 3 saturated heterocycles. The number of nitrogens with one attached hydrogen (secondary N) is 1. The van der Waals surface area contributed by atoms with Crippen LogP contribution in [-0.4, -0.2) is 62.9 Å². The minimum atomic E-state index is 0.119. The van der Waals surface area contributed by atoms with E-state index in [0.717, 1.165) is 77.7 Å². The molecular formula is C18H32N2O3. The van der Waals surface area contributed by atoms with Crippen LogP contribution < -0.4 is 5.32 Å². The van der Waals surface area contributed by atoms with Crippen molar-refractivity contribution in [2.45, 2.75) is 45.6 Å². The van der Waals surface area contributed by atoms with Crippen LogP contribution in [0.3, 0.4) is 0 Å². The first-order chi connectivity index (χ1) is 11.1. The third-order valence-electron chi connectivity index (χ3n) is 5.81. The molecule has 23 heavy (non-hydrogen) atoms. The molecule has 1 spiro atoms. The maximum Gasteiger partial charge on any atom is 0.225 e. The predicted molar refractivity (Wildman–Crippen MR) is 89.2 cm³/mol. The van der Waals surface area contributed by atoms with E-state index in [1.807, 2.05) is 13.8 Å². The van der Waals surface area contributed by atoms with E-state index in [4.69, 9.17) is 9.47 Å². The summed E-state index contributed by atoms with van der Waals surface area (Å²) in [6.07, 6.45) is 4.37. The highest BCUT2D eigenvalue weighted by Gasteiger charge is 2.50. The topological polar surface area (TPSA) is 50.8 Å². The van der Waals surface area contributed by atoms with E-state index in [-0.39, 0.29) is 23.3 Å². The minimum absolute atomic E-state index is 0.119. The monoisotopic (exact) mass is 324 g/mol. The van der Waals surface area contributed by atoms with Gasteiger partial charge in [0, 0.05) is 57.5 Å². The Bertz CT molecular complexity index is 401. The second kappa shape index (κ2) is 7.49. The summed E-state index contributed by atoms with van der Waals surface area (Å²) in [5.41, 5.74) is 0.127. The van der Waals surface area contributed by atoms with Crippen LogP contribution >= 0.6 is 0 Å². The van der Waals surface area contributed by atoms with Crippen molar-refractivity contribution in [1.82, 2.24) is 10.2 Å². The van der Waals surface area contributed by atoms with Gasteiger partial charge in [0.25, 0.3) is 0 Å². The van der Waals surface area contributed by atoms with Crippen LogP contribution in [0.15, 0.2) is 0 Å². The van der Waals surface area contributed by atoms with Crippen LogP contribution in [0.25, 0.3) is 0 Å². The molecule has 0 bridgehead atoms. The molecule has 0 aromatic rings. The zero-order chi connectivity index (χ0) is 16.3. The number of rotatable bonds is 4. The maximum absolute atomic E-state index is 12.8. The summed E-state index contributed by atoms with van der Waals surface area (Å²) < 4.78 is 11.1. The van der Waals surface area contributed by atoms with E-state index in [9.17, 15) is 4.79 Å². The summed E-state index contributed by atoms with van der Waals surface area (Å²) in [6.45, 7) is 10.6. The van der Waals surface area contributed by atoms with E-state index in [1.54, 1.807) is 0 Å². The Balaban J connectivity index is 1.66. The third-order valence-corrected chi connectivity index (χ3v) is 5.81. The first-order valence-electron chi connectivity index (χ1n) is 9.27. The van der Waals surface area contributed by atoms with Crippen molar-refractivity contribution in [1.29, 1.82) is 0 Å². The first kappa shape index (κ1) is 17.2. The number of hydrogen-bond donors (Lipinski definition) is 1. The lowest BCUT2D eigenvalue weighted by Crippen LogP contribution is -2.46.